The zero-order valence-corrected chi connectivity index (χ0v) is 14.5. The number of hydrogen-bond donors (Lipinski definition) is 3. The predicted octanol–water partition coefficient (Wildman–Crippen LogP) is 2.33. The van der Waals surface area contributed by atoms with Crippen molar-refractivity contribution in [3.05, 3.63) is 0 Å². The first kappa shape index (κ1) is 25.5. The Kier molecular flexibility index (Phi) is 15.3. The molecule has 0 aliphatic heterocycles. The fourth-order valence-corrected chi connectivity index (χ4v) is 0. The van der Waals surface area contributed by atoms with Crippen molar-refractivity contribution < 1.29 is 37.7 Å². The van der Waals surface area contributed by atoms with E-state index in [-0.39, 0.29) is 22.4 Å². The Hall–Kier alpha value is 0.620. The van der Waals surface area contributed by atoms with Crippen molar-refractivity contribution in [3.8, 4) is 0 Å². The average molecular weight is 315 g/mol. The van der Waals surface area contributed by atoms with Gasteiger partial charge in [0.2, 0.25) is 0 Å². The Labute approximate surface area is 117 Å². The van der Waals surface area contributed by atoms with Gasteiger partial charge in [0, 0.05) is 22.4 Å². The van der Waals surface area contributed by atoms with Gasteiger partial charge < -0.3 is 15.3 Å². The summed E-state index contributed by atoms with van der Waals surface area (Å²) in [5, 5.41) is 25.6. The van der Waals surface area contributed by atoms with E-state index in [9.17, 15) is 0 Å². The van der Waals surface area contributed by atoms with Gasteiger partial charge in [-0.25, -0.2) is 0 Å². The second-order valence-corrected chi connectivity index (χ2v) is 6.51. The molecule has 0 aromatic rings. The standard InChI is InChI=1S/3C4H10O.Nb/c3*1-4(2,3)5;/h3*5H,1-3H3;. The molecular weight excluding hydrogens is 285 g/mol. The number of aliphatic hydroxyl groups is 3. The van der Waals surface area contributed by atoms with Gasteiger partial charge in [0.1, 0.15) is 0 Å². The maximum atomic E-state index is 8.52. The second kappa shape index (κ2) is 9.63. The van der Waals surface area contributed by atoms with Crippen molar-refractivity contribution >= 4 is 0 Å². The largest absolute Gasteiger partial charge is 0.391 e. The number of rotatable bonds is 0. The molecule has 0 aromatic carbocycles. The molecule has 0 fully saturated rings. The maximum absolute atomic E-state index is 8.52. The van der Waals surface area contributed by atoms with Crippen LogP contribution in [0.4, 0.5) is 0 Å². The SMILES string of the molecule is CC(C)(C)O.CC(C)(C)O.CC(C)(C)O.[Nb]. The minimum absolute atomic E-state index is 0. The first-order valence-corrected chi connectivity index (χ1v) is 5.17. The van der Waals surface area contributed by atoms with Crippen LogP contribution >= 0.6 is 0 Å². The van der Waals surface area contributed by atoms with Crippen LogP contribution in [0.2, 0.25) is 0 Å². The molecule has 1 radical (unpaired) electrons. The Bertz CT molecular complexity index is 91.3. The van der Waals surface area contributed by atoms with E-state index < -0.39 is 16.8 Å². The summed E-state index contributed by atoms with van der Waals surface area (Å²) in [7, 11) is 0. The summed E-state index contributed by atoms with van der Waals surface area (Å²) in [4.78, 5) is 0. The summed E-state index contributed by atoms with van der Waals surface area (Å²) in [6, 6.07) is 0. The number of hydrogen-bond acceptors (Lipinski definition) is 3. The molecule has 0 spiro atoms. The van der Waals surface area contributed by atoms with Gasteiger partial charge in [-0.15, -0.1) is 0 Å². The smallest absolute Gasteiger partial charge is 0.0563 e. The van der Waals surface area contributed by atoms with Crippen molar-refractivity contribution in [1.82, 2.24) is 0 Å². The molecule has 0 saturated heterocycles. The van der Waals surface area contributed by atoms with Gasteiger partial charge in [-0.05, 0) is 62.3 Å². The first-order chi connectivity index (χ1) is 6.00. The molecule has 0 saturated carbocycles. The zero-order valence-electron chi connectivity index (χ0n) is 12.3. The monoisotopic (exact) mass is 315 g/mol. The predicted molar refractivity (Wildman–Crippen MR) is 65.9 cm³/mol. The molecule has 0 atom stereocenters. The van der Waals surface area contributed by atoms with Gasteiger partial charge >= 0.3 is 0 Å². The Morgan fingerprint density at radius 2 is 0.438 bits per heavy atom. The van der Waals surface area contributed by atoms with Crippen LogP contribution in [-0.4, -0.2) is 32.1 Å². The molecule has 4 heteroatoms. The van der Waals surface area contributed by atoms with Gasteiger partial charge in [0.15, 0.2) is 0 Å². The minimum Gasteiger partial charge on any atom is -0.391 e. The van der Waals surface area contributed by atoms with Gasteiger partial charge in [-0.1, -0.05) is 0 Å². The quantitative estimate of drug-likeness (QED) is 0.601. The first-order valence-electron chi connectivity index (χ1n) is 5.17. The van der Waals surface area contributed by atoms with Crippen LogP contribution in [0.5, 0.6) is 0 Å². The molecule has 3 N–H and O–H groups in total. The summed E-state index contributed by atoms with van der Waals surface area (Å²) < 4.78 is 0. The van der Waals surface area contributed by atoms with Gasteiger partial charge in [-0.3, -0.25) is 0 Å². The van der Waals surface area contributed by atoms with Crippen LogP contribution in [-0.2, 0) is 22.4 Å². The normalized spacial score (nSPS) is 11.2. The van der Waals surface area contributed by atoms with Gasteiger partial charge in [-0.2, -0.15) is 0 Å². The summed E-state index contributed by atoms with van der Waals surface area (Å²) in [5.41, 5.74) is -1.50. The maximum Gasteiger partial charge on any atom is 0.0563 e. The van der Waals surface area contributed by atoms with E-state index in [1.54, 1.807) is 62.3 Å². The van der Waals surface area contributed by atoms with Crippen LogP contribution in [0.25, 0.3) is 0 Å². The van der Waals surface area contributed by atoms with Crippen molar-refractivity contribution in [3.63, 3.8) is 0 Å². The van der Waals surface area contributed by atoms with Crippen LogP contribution in [0.15, 0.2) is 0 Å². The molecule has 0 bridgehead atoms. The van der Waals surface area contributed by atoms with E-state index >= 15 is 0 Å². The molecule has 0 heterocycles. The molecule has 0 amide bonds. The summed E-state index contributed by atoms with van der Waals surface area (Å²) in [5.74, 6) is 0. The summed E-state index contributed by atoms with van der Waals surface area (Å²) >= 11 is 0. The molecule has 0 rings (SSSR count). The van der Waals surface area contributed by atoms with E-state index in [0.717, 1.165) is 0 Å². The van der Waals surface area contributed by atoms with Crippen molar-refractivity contribution in [2.45, 2.75) is 79.1 Å². The van der Waals surface area contributed by atoms with Crippen LogP contribution in [0.1, 0.15) is 62.3 Å². The van der Waals surface area contributed by atoms with Crippen molar-refractivity contribution in [2.24, 2.45) is 0 Å². The van der Waals surface area contributed by atoms with E-state index in [1.807, 2.05) is 0 Å². The van der Waals surface area contributed by atoms with Crippen LogP contribution in [0.3, 0.4) is 0 Å². The Balaban J connectivity index is -0.0000000655. The third-order valence-electron chi connectivity index (χ3n) is 0. The fraction of sp³-hybridized carbons (Fsp3) is 1.00. The van der Waals surface area contributed by atoms with E-state index in [2.05, 4.69) is 0 Å². The third kappa shape index (κ3) is 7050. The Morgan fingerprint density at radius 1 is 0.438 bits per heavy atom. The van der Waals surface area contributed by atoms with E-state index in [1.165, 1.54) is 0 Å². The van der Waals surface area contributed by atoms with Gasteiger partial charge in [0.05, 0.1) is 16.8 Å². The van der Waals surface area contributed by atoms with Crippen LogP contribution < -0.4 is 0 Å². The van der Waals surface area contributed by atoms with Crippen LogP contribution in [0, 0.1) is 0 Å². The molecule has 0 aromatic heterocycles. The molecule has 0 aliphatic carbocycles. The average Bonchev–Trinajstić information content (AvgIpc) is 1.41. The van der Waals surface area contributed by atoms with E-state index in [0.29, 0.717) is 0 Å². The molecule has 0 aliphatic rings. The molecular formula is C12H30NbO3. The topological polar surface area (TPSA) is 60.7 Å². The Morgan fingerprint density at radius 3 is 0.438 bits per heavy atom. The molecule has 16 heavy (non-hydrogen) atoms. The second-order valence-electron chi connectivity index (χ2n) is 6.51. The summed E-state index contributed by atoms with van der Waals surface area (Å²) in [6.45, 7) is 15.7. The molecule has 0 unspecified atom stereocenters. The minimum atomic E-state index is -0.500. The van der Waals surface area contributed by atoms with Gasteiger partial charge in [0.25, 0.3) is 0 Å². The van der Waals surface area contributed by atoms with Crippen molar-refractivity contribution in [1.29, 1.82) is 0 Å². The molecule has 101 valence electrons. The summed E-state index contributed by atoms with van der Waals surface area (Å²) in [6.07, 6.45) is 0. The third-order valence-corrected chi connectivity index (χ3v) is 0. The zero-order chi connectivity index (χ0) is 13.5. The van der Waals surface area contributed by atoms with E-state index in [4.69, 9.17) is 15.3 Å². The fourth-order valence-electron chi connectivity index (χ4n) is 0. The van der Waals surface area contributed by atoms with Crippen molar-refractivity contribution in [2.75, 3.05) is 0 Å². The molecule has 3 nitrogen and oxygen atoms in total.